The number of halogens is 1. The van der Waals surface area contributed by atoms with Crippen LogP contribution in [-0.4, -0.2) is 35.7 Å². The number of rotatable bonds is 6. The van der Waals surface area contributed by atoms with Crippen LogP contribution in [0.25, 0.3) is 5.69 Å². The van der Waals surface area contributed by atoms with E-state index in [9.17, 15) is 12.8 Å². The van der Waals surface area contributed by atoms with Gasteiger partial charge < -0.3 is 5.11 Å². The summed E-state index contributed by atoms with van der Waals surface area (Å²) in [6, 6.07) is 7.36. The van der Waals surface area contributed by atoms with Crippen molar-refractivity contribution in [2.75, 3.05) is 12.4 Å². The average molecular weight is 298 g/mol. The van der Waals surface area contributed by atoms with Gasteiger partial charge in [-0.05, 0) is 36.8 Å². The summed E-state index contributed by atoms with van der Waals surface area (Å²) in [6.45, 7) is -0.150. The van der Waals surface area contributed by atoms with Gasteiger partial charge in [-0.3, -0.25) is 0 Å². The Hall–Kier alpha value is -1.73. The summed E-state index contributed by atoms with van der Waals surface area (Å²) in [5.74, 6) is -0.568. The van der Waals surface area contributed by atoms with Gasteiger partial charge in [0.1, 0.15) is 5.82 Å². The molecule has 5 nitrogen and oxygen atoms in total. The molecule has 0 amide bonds. The second-order valence-corrected chi connectivity index (χ2v) is 6.58. The number of hydrogen-bond donors (Lipinski definition) is 1. The van der Waals surface area contributed by atoms with Crippen LogP contribution >= 0.6 is 0 Å². The molecule has 0 saturated carbocycles. The predicted molar refractivity (Wildman–Crippen MR) is 72.7 cm³/mol. The van der Waals surface area contributed by atoms with E-state index in [0.717, 1.165) is 0 Å². The zero-order valence-electron chi connectivity index (χ0n) is 10.7. The summed E-state index contributed by atoms with van der Waals surface area (Å²) in [5, 5.41) is 12.8. The third kappa shape index (κ3) is 3.88. The standard InChI is InChI=1S/C13H15FN2O3S/c14-11-2-4-13(5-3-11)16-7-6-12(15-16)10-20(18,19)9-1-8-17/h2-7,17H,1,8-10H2. The summed E-state index contributed by atoms with van der Waals surface area (Å²) in [6.07, 6.45) is 1.85. The molecule has 0 aliphatic heterocycles. The van der Waals surface area contributed by atoms with E-state index >= 15 is 0 Å². The second kappa shape index (κ2) is 6.15. The normalized spacial score (nSPS) is 11.7. The van der Waals surface area contributed by atoms with Gasteiger partial charge in [0.2, 0.25) is 0 Å². The van der Waals surface area contributed by atoms with Crippen LogP contribution in [0, 0.1) is 5.82 Å². The number of aliphatic hydroxyl groups is 1. The molecule has 0 aliphatic rings. The fourth-order valence-electron chi connectivity index (χ4n) is 1.76. The van der Waals surface area contributed by atoms with Gasteiger partial charge in [-0.15, -0.1) is 0 Å². The Balaban J connectivity index is 2.11. The molecule has 1 N–H and O–H groups in total. The summed E-state index contributed by atoms with van der Waals surface area (Å²) < 4.78 is 37.8. The maximum absolute atomic E-state index is 12.8. The molecule has 2 aromatic rings. The molecule has 0 fully saturated rings. The number of aliphatic hydroxyl groups excluding tert-OH is 1. The number of nitrogens with zero attached hydrogens (tertiary/aromatic N) is 2. The highest BCUT2D eigenvalue weighted by Crippen LogP contribution is 2.11. The van der Waals surface area contributed by atoms with Gasteiger partial charge in [0.15, 0.2) is 9.84 Å². The van der Waals surface area contributed by atoms with Crippen molar-refractivity contribution in [3.63, 3.8) is 0 Å². The van der Waals surface area contributed by atoms with E-state index in [0.29, 0.717) is 11.4 Å². The van der Waals surface area contributed by atoms with Gasteiger partial charge in [-0.1, -0.05) is 0 Å². The SMILES string of the molecule is O=S(=O)(CCCO)Cc1ccn(-c2ccc(F)cc2)n1. The van der Waals surface area contributed by atoms with Crippen LogP contribution in [-0.2, 0) is 15.6 Å². The molecule has 0 unspecified atom stereocenters. The van der Waals surface area contributed by atoms with Gasteiger partial charge in [0.05, 0.1) is 22.9 Å². The van der Waals surface area contributed by atoms with Crippen LogP contribution in [0.15, 0.2) is 36.5 Å². The minimum Gasteiger partial charge on any atom is -0.396 e. The third-order valence-electron chi connectivity index (χ3n) is 2.72. The van der Waals surface area contributed by atoms with Gasteiger partial charge in [-0.25, -0.2) is 17.5 Å². The van der Waals surface area contributed by atoms with Crippen molar-refractivity contribution in [3.05, 3.63) is 48.0 Å². The molecule has 2 rings (SSSR count). The first-order valence-electron chi connectivity index (χ1n) is 6.12. The Bertz CT molecular complexity index is 665. The third-order valence-corrected chi connectivity index (χ3v) is 4.36. The minimum absolute atomic E-state index is 0.0626. The highest BCUT2D eigenvalue weighted by molar-refractivity contribution is 7.90. The van der Waals surface area contributed by atoms with E-state index in [1.165, 1.54) is 16.8 Å². The Morgan fingerprint density at radius 1 is 1.20 bits per heavy atom. The summed E-state index contributed by atoms with van der Waals surface area (Å²) in [5.41, 5.74) is 1.08. The van der Waals surface area contributed by atoms with Crippen molar-refractivity contribution >= 4 is 9.84 Å². The molecule has 1 aromatic heterocycles. The molecule has 1 aromatic carbocycles. The molecular formula is C13H15FN2O3S. The van der Waals surface area contributed by atoms with E-state index in [1.807, 2.05) is 0 Å². The first kappa shape index (κ1) is 14.7. The predicted octanol–water partition coefficient (Wildman–Crippen LogP) is 1.31. The highest BCUT2D eigenvalue weighted by atomic mass is 32.2. The number of hydrogen-bond acceptors (Lipinski definition) is 4. The molecule has 0 radical (unpaired) electrons. The summed E-state index contributed by atoms with van der Waals surface area (Å²) in [7, 11) is -3.27. The molecule has 7 heteroatoms. The lowest BCUT2D eigenvalue weighted by Crippen LogP contribution is -2.11. The first-order valence-corrected chi connectivity index (χ1v) is 7.94. The Labute approximate surface area is 116 Å². The zero-order valence-corrected chi connectivity index (χ0v) is 11.6. The molecule has 108 valence electrons. The van der Waals surface area contributed by atoms with E-state index in [2.05, 4.69) is 5.10 Å². The van der Waals surface area contributed by atoms with Crippen LogP contribution < -0.4 is 0 Å². The van der Waals surface area contributed by atoms with E-state index in [-0.39, 0.29) is 30.4 Å². The molecule has 0 spiro atoms. The lowest BCUT2D eigenvalue weighted by atomic mass is 10.3. The lowest BCUT2D eigenvalue weighted by molar-refractivity contribution is 0.295. The lowest BCUT2D eigenvalue weighted by Gasteiger charge is -2.02. The van der Waals surface area contributed by atoms with Crippen LogP contribution in [0.4, 0.5) is 4.39 Å². The number of sulfone groups is 1. The monoisotopic (exact) mass is 298 g/mol. The van der Waals surface area contributed by atoms with Gasteiger partial charge >= 0.3 is 0 Å². The molecule has 0 bridgehead atoms. The molecule has 1 heterocycles. The van der Waals surface area contributed by atoms with Crippen LogP contribution in [0.3, 0.4) is 0 Å². The molecule has 0 atom stereocenters. The molecule has 20 heavy (non-hydrogen) atoms. The van der Waals surface area contributed by atoms with Crippen molar-refractivity contribution in [3.8, 4) is 5.69 Å². The topological polar surface area (TPSA) is 72.2 Å². The fraction of sp³-hybridized carbons (Fsp3) is 0.308. The first-order chi connectivity index (χ1) is 9.50. The van der Waals surface area contributed by atoms with Crippen molar-refractivity contribution in [1.29, 1.82) is 0 Å². The second-order valence-electron chi connectivity index (χ2n) is 4.40. The Morgan fingerprint density at radius 3 is 2.55 bits per heavy atom. The van der Waals surface area contributed by atoms with Crippen molar-refractivity contribution in [2.24, 2.45) is 0 Å². The summed E-state index contributed by atoms with van der Waals surface area (Å²) in [4.78, 5) is 0. The quantitative estimate of drug-likeness (QED) is 0.872. The smallest absolute Gasteiger partial charge is 0.156 e. The largest absolute Gasteiger partial charge is 0.396 e. The molecule has 0 saturated heterocycles. The van der Waals surface area contributed by atoms with Crippen molar-refractivity contribution < 1.29 is 17.9 Å². The van der Waals surface area contributed by atoms with Crippen molar-refractivity contribution in [1.82, 2.24) is 9.78 Å². The van der Waals surface area contributed by atoms with E-state index < -0.39 is 9.84 Å². The number of aromatic nitrogens is 2. The molecular weight excluding hydrogens is 283 g/mol. The van der Waals surface area contributed by atoms with Gasteiger partial charge in [-0.2, -0.15) is 5.10 Å². The summed E-state index contributed by atoms with van der Waals surface area (Å²) >= 11 is 0. The minimum atomic E-state index is -3.27. The fourth-order valence-corrected chi connectivity index (χ4v) is 3.08. The van der Waals surface area contributed by atoms with Gasteiger partial charge in [0.25, 0.3) is 0 Å². The van der Waals surface area contributed by atoms with Crippen molar-refractivity contribution in [2.45, 2.75) is 12.2 Å². The maximum atomic E-state index is 12.8. The van der Waals surface area contributed by atoms with E-state index in [4.69, 9.17) is 5.11 Å². The van der Waals surface area contributed by atoms with E-state index in [1.54, 1.807) is 24.4 Å². The van der Waals surface area contributed by atoms with Crippen LogP contribution in [0.5, 0.6) is 0 Å². The highest BCUT2D eigenvalue weighted by Gasteiger charge is 2.13. The average Bonchev–Trinajstić information content (AvgIpc) is 2.85. The van der Waals surface area contributed by atoms with Gasteiger partial charge in [0, 0.05) is 12.8 Å². The maximum Gasteiger partial charge on any atom is 0.156 e. The zero-order chi connectivity index (χ0) is 14.6. The number of benzene rings is 1. The van der Waals surface area contributed by atoms with Crippen LogP contribution in [0.1, 0.15) is 12.1 Å². The Kier molecular flexibility index (Phi) is 4.51. The van der Waals surface area contributed by atoms with Crippen LogP contribution in [0.2, 0.25) is 0 Å². The molecule has 0 aliphatic carbocycles. The Morgan fingerprint density at radius 2 is 1.90 bits per heavy atom.